The number of halogens is 1. The van der Waals surface area contributed by atoms with Gasteiger partial charge in [-0.25, -0.2) is 0 Å². The fraction of sp³-hybridized carbons (Fsp3) is 0.333. The molecule has 0 unspecified atom stereocenters. The first kappa shape index (κ1) is 14.0. The fourth-order valence-corrected chi connectivity index (χ4v) is 1.64. The van der Waals surface area contributed by atoms with Crippen LogP contribution in [0.5, 0.6) is 0 Å². The van der Waals surface area contributed by atoms with Gasteiger partial charge in [-0.1, -0.05) is 0 Å². The maximum Gasteiger partial charge on any atom is 0.307 e. The van der Waals surface area contributed by atoms with E-state index in [0.29, 0.717) is 12.1 Å². The lowest BCUT2D eigenvalue weighted by molar-refractivity contribution is -0.140. The maximum absolute atomic E-state index is 11.9. The van der Waals surface area contributed by atoms with Crippen molar-refractivity contribution in [2.24, 2.45) is 0 Å². The van der Waals surface area contributed by atoms with Gasteiger partial charge in [0.25, 0.3) is 5.91 Å². The smallest absolute Gasteiger partial charge is 0.307 e. The molecule has 0 heterocycles. The summed E-state index contributed by atoms with van der Waals surface area (Å²) in [7, 11) is 3.01. The Balaban J connectivity index is 2.57. The standard InChI is InChI=1S/C12H14INO3/c1-14(8-7-11(15)17-2)12(16)9-3-5-10(13)6-4-9/h3-6H,7-8H2,1-2H3. The highest BCUT2D eigenvalue weighted by atomic mass is 127. The van der Waals surface area contributed by atoms with Crippen molar-refractivity contribution < 1.29 is 14.3 Å². The van der Waals surface area contributed by atoms with Crippen molar-refractivity contribution in [2.75, 3.05) is 20.7 Å². The van der Waals surface area contributed by atoms with Crippen LogP contribution in [0.4, 0.5) is 0 Å². The molecule has 1 amide bonds. The van der Waals surface area contributed by atoms with Crippen LogP contribution in [-0.2, 0) is 9.53 Å². The third-order valence-corrected chi connectivity index (χ3v) is 3.04. The first-order chi connectivity index (χ1) is 8.04. The molecule has 0 aromatic heterocycles. The Morgan fingerprint density at radius 2 is 1.88 bits per heavy atom. The zero-order valence-electron chi connectivity index (χ0n) is 9.77. The molecular weight excluding hydrogens is 333 g/mol. The molecule has 0 N–H and O–H groups in total. The van der Waals surface area contributed by atoms with Crippen molar-refractivity contribution in [3.8, 4) is 0 Å². The van der Waals surface area contributed by atoms with E-state index in [4.69, 9.17) is 0 Å². The van der Waals surface area contributed by atoms with Gasteiger partial charge in [0.2, 0.25) is 0 Å². The molecule has 0 fully saturated rings. The molecule has 0 spiro atoms. The maximum atomic E-state index is 11.9. The minimum atomic E-state index is -0.313. The Morgan fingerprint density at radius 1 is 1.29 bits per heavy atom. The molecule has 0 saturated carbocycles. The van der Waals surface area contributed by atoms with Crippen molar-refractivity contribution in [3.63, 3.8) is 0 Å². The summed E-state index contributed by atoms with van der Waals surface area (Å²) in [5, 5.41) is 0. The van der Waals surface area contributed by atoms with Crippen LogP contribution in [-0.4, -0.2) is 37.5 Å². The highest BCUT2D eigenvalue weighted by Crippen LogP contribution is 2.09. The molecule has 5 heteroatoms. The number of methoxy groups -OCH3 is 1. The van der Waals surface area contributed by atoms with Gasteiger partial charge in [-0.15, -0.1) is 0 Å². The van der Waals surface area contributed by atoms with E-state index >= 15 is 0 Å². The zero-order valence-corrected chi connectivity index (χ0v) is 11.9. The van der Waals surface area contributed by atoms with E-state index in [1.165, 1.54) is 12.0 Å². The van der Waals surface area contributed by atoms with E-state index in [1.807, 2.05) is 12.1 Å². The van der Waals surface area contributed by atoms with Gasteiger partial charge in [-0.3, -0.25) is 9.59 Å². The second-order valence-corrected chi connectivity index (χ2v) is 4.81. The summed E-state index contributed by atoms with van der Waals surface area (Å²) in [6, 6.07) is 7.31. The quantitative estimate of drug-likeness (QED) is 0.618. The van der Waals surface area contributed by atoms with Gasteiger partial charge in [-0.05, 0) is 46.9 Å². The summed E-state index contributed by atoms with van der Waals surface area (Å²) in [4.78, 5) is 24.4. The summed E-state index contributed by atoms with van der Waals surface area (Å²) in [5.74, 6) is -0.405. The number of rotatable bonds is 4. The molecule has 0 aliphatic rings. The van der Waals surface area contributed by atoms with Crippen molar-refractivity contribution in [3.05, 3.63) is 33.4 Å². The second kappa shape index (κ2) is 6.58. The van der Waals surface area contributed by atoms with Crippen molar-refractivity contribution >= 4 is 34.5 Å². The Labute approximate surface area is 114 Å². The minimum absolute atomic E-state index is 0.0923. The average molecular weight is 347 g/mol. The Morgan fingerprint density at radius 3 is 2.41 bits per heavy atom. The zero-order chi connectivity index (χ0) is 12.8. The molecule has 0 bridgehead atoms. The average Bonchev–Trinajstić information content (AvgIpc) is 2.35. The molecule has 1 rings (SSSR count). The molecule has 92 valence electrons. The van der Waals surface area contributed by atoms with Crippen LogP contribution in [0.2, 0.25) is 0 Å². The predicted molar refractivity (Wildman–Crippen MR) is 72.8 cm³/mol. The largest absolute Gasteiger partial charge is 0.469 e. The topological polar surface area (TPSA) is 46.6 Å². The molecule has 4 nitrogen and oxygen atoms in total. The van der Waals surface area contributed by atoms with E-state index in [2.05, 4.69) is 27.3 Å². The van der Waals surface area contributed by atoms with Gasteiger partial charge >= 0.3 is 5.97 Å². The number of carbonyl (C=O) groups excluding carboxylic acids is 2. The first-order valence-corrected chi connectivity index (χ1v) is 6.20. The minimum Gasteiger partial charge on any atom is -0.469 e. The van der Waals surface area contributed by atoms with Crippen LogP contribution in [0.25, 0.3) is 0 Å². The number of hydrogen-bond acceptors (Lipinski definition) is 3. The molecule has 0 radical (unpaired) electrons. The molecule has 0 aliphatic heterocycles. The normalized spacial score (nSPS) is 9.82. The number of carbonyl (C=O) groups is 2. The lowest BCUT2D eigenvalue weighted by Gasteiger charge is -2.16. The molecule has 17 heavy (non-hydrogen) atoms. The number of hydrogen-bond donors (Lipinski definition) is 0. The lowest BCUT2D eigenvalue weighted by Crippen LogP contribution is -2.29. The monoisotopic (exact) mass is 347 g/mol. The fourth-order valence-electron chi connectivity index (χ4n) is 1.28. The Hall–Kier alpha value is -1.11. The third-order valence-electron chi connectivity index (χ3n) is 2.32. The Bertz CT molecular complexity index is 403. The van der Waals surface area contributed by atoms with Crippen LogP contribution in [0.1, 0.15) is 16.8 Å². The SMILES string of the molecule is COC(=O)CCN(C)C(=O)c1ccc(I)cc1. The van der Waals surface area contributed by atoms with Gasteiger partial charge in [-0.2, -0.15) is 0 Å². The molecule has 1 aromatic carbocycles. The highest BCUT2D eigenvalue weighted by Gasteiger charge is 2.12. The van der Waals surface area contributed by atoms with Crippen molar-refractivity contribution in [1.29, 1.82) is 0 Å². The number of ether oxygens (including phenoxy) is 1. The van der Waals surface area contributed by atoms with Gasteiger partial charge < -0.3 is 9.64 Å². The van der Waals surface area contributed by atoms with E-state index < -0.39 is 0 Å². The number of benzene rings is 1. The van der Waals surface area contributed by atoms with Gasteiger partial charge in [0, 0.05) is 22.7 Å². The van der Waals surface area contributed by atoms with E-state index in [-0.39, 0.29) is 18.3 Å². The van der Waals surface area contributed by atoms with Crippen LogP contribution in [0, 0.1) is 3.57 Å². The first-order valence-electron chi connectivity index (χ1n) is 5.12. The van der Waals surface area contributed by atoms with E-state index in [0.717, 1.165) is 3.57 Å². The second-order valence-electron chi connectivity index (χ2n) is 3.56. The van der Waals surface area contributed by atoms with Crippen LogP contribution in [0.3, 0.4) is 0 Å². The number of nitrogens with zero attached hydrogens (tertiary/aromatic N) is 1. The van der Waals surface area contributed by atoms with Crippen LogP contribution >= 0.6 is 22.6 Å². The predicted octanol–water partition coefficient (Wildman–Crippen LogP) is 1.93. The van der Waals surface area contributed by atoms with Gasteiger partial charge in [0.05, 0.1) is 13.5 Å². The summed E-state index contributed by atoms with van der Waals surface area (Å²) in [6.45, 7) is 0.359. The number of amides is 1. The van der Waals surface area contributed by atoms with E-state index in [1.54, 1.807) is 19.2 Å². The summed E-state index contributed by atoms with van der Waals surface area (Å²) in [6.07, 6.45) is 0.211. The van der Waals surface area contributed by atoms with Crippen molar-refractivity contribution in [2.45, 2.75) is 6.42 Å². The summed E-state index contributed by atoms with van der Waals surface area (Å²) >= 11 is 2.18. The molecule has 1 aromatic rings. The number of esters is 1. The molecular formula is C12H14INO3. The third kappa shape index (κ3) is 4.33. The van der Waals surface area contributed by atoms with Gasteiger partial charge in [0.1, 0.15) is 0 Å². The Kier molecular flexibility index (Phi) is 5.40. The molecule has 0 aliphatic carbocycles. The summed E-state index contributed by atoms with van der Waals surface area (Å²) < 4.78 is 5.60. The highest BCUT2D eigenvalue weighted by molar-refractivity contribution is 14.1. The molecule has 0 atom stereocenters. The molecule has 0 saturated heterocycles. The summed E-state index contributed by atoms with van der Waals surface area (Å²) in [5.41, 5.74) is 0.623. The lowest BCUT2D eigenvalue weighted by atomic mass is 10.2. The van der Waals surface area contributed by atoms with Crippen LogP contribution < -0.4 is 0 Å². The van der Waals surface area contributed by atoms with E-state index in [9.17, 15) is 9.59 Å². The van der Waals surface area contributed by atoms with Crippen LogP contribution in [0.15, 0.2) is 24.3 Å². The van der Waals surface area contributed by atoms with Crippen molar-refractivity contribution in [1.82, 2.24) is 4.90 Å². The van der Waals surface area contributed by atoms with Gasteiger partial charge in [0.15, 0.2) is 0 Å².